The van der Waals surface area contributed by atoms with E-state index in [4.69, 9.17) is 5.73 Å². The second kappa shape index (κ2) is 5.35. The molecule has 2 N–H and O–H groups in total. The molecule has 1 rings (SSSR count). The first kappa shape index (κ1) is 11.5. The number of nitrogens with two attached hydrogens (primary N) is 1. The smallest absolute Gasteiger partial charge is 0.226 e. The molecule has 0 spiro atoms. The molecule has 0 saturated heterocycles. The summed E-state index contributed by atoms with van der Waals surface area (Å²) in [6.07, 6.45) is 6.18. The van der Waals surface area contributed by atoms with E-state index in [0.29, 0.717) is 12.6 Å². The minimum absolute atomic E-state index is 0.0260. The Hall–Kier alpha value is -0.570. The van der Waals surface area contributed by atoms with Gasteiger partial charge in [0.2, 0.25) is 5.91 Å². The molecule has 1 saturated carbocycles. The van der Waals surface area contributed by atoms with Crippen molar-refractivity contribution in [1.29, 1.82) is 0 Å². The molecule has 0 aromatic carbocycles. The molecule has 3 nitrogen and oxygen atoms in total. The first-order chi connectivity index (χ1) is 6.66. The normalized spacial score (nSPS) is 20.5. The van der Waals surface area contributed by atoms with Gasteiger partial charge >= 0.3 is 0 Å². The molecule has 0 aromatic rings. The summed E-state index contributed by atoms with van der Waals surface area (Å²) in [5.74, 6) is 0.182. The predicted molar refractivity (Wildman–Crippen MR) is 57.9 cm³/mol. The van der Waals surface area contributed by atoms with Crippen LogP contribution in [0.15, 0.2) is 0 Å². The topological polar surface area (TPSA) is 46.3 Å². The van der Waals surface area contributed by atoms with E-state index in [9.17, 15) is 4.79 Å². The maximum Gasteiger partial charge on any atom is 0.226 e. The van der Waals surface area contributed by atoms with Crippen LogP contribution in [-0.4, -0.2) is 30.4 Å². The van der Waals surface area contributed by atoms with Gasteiger partial charge in [-0.05, 0) is 12.8 Å². The number of rotatable bonds is 3. The van der Waals surface area contributed by atoms with Gasteiger partial charge in [-0.1, -0.05) is 26.2 Å². The van der Waals surface area contributed by atoms with E-state index >= 15 is 0 Å². The van der Waals surface area contributed by atoms with Crippen molar-refractivity contribution in [2.75, 3.05) is 13.6 Å². The van der Waals surface area contributed by atoms with E-state index in [0.717, 1.165) is 0 Å². The Morgan fingerprint density at radius 2 is 2.00 bits per heavy atom. The first-order valence-electron chi connectivity index (χ1n) is 5.63. The van der Waals surface area contributed by atoms with Crippen molar-refractivity contribution in [3.8, 4) is 0 Å². The van der Waals surface area contributed by atoms with Gasteiger partial charge in [-0.25, -0.2) is 0 Å². The van der Waals surface area contributed by atoms with Crippen molar-refractivity contribution in [3.05, 3.63) is 0 Å². The standard InChI is InChI=1S/C11H22N2O/c1-9(8-12)11(14)13(2)10-6-4-3-5-7-10/h9-10H,3-8,12H2,1-2H3. The molecule has 0 heterocycles. The molecule has 1 amide bonds. The average molecular weight is 198 g/mol. The van der Waals surface area contributed by atoms with Crippen LogP contribution in [0.5, 0.6) is 0 Å². The van der Waals surface area contributed by atoms with E-state index in [1.165, 1.54) is 32.1 Å². The summed E-state index contributed by atoms with van der Waals surface area (Å²) >= 11 is 0. The number of carbonyl (C=O) groups is 1. The molecule has 1 atom stereocenters. The lowest BCUT2D eigenvalue weighted by atomic mass is 9.94. The Morgan fingerprint density at radius 3 is 2.50 bits per heavy atom. The van der Waals surface area contributed by atoms with Gasteiger partial charge in [-0.15, -0.1) is 0 Å². The van der Waals surface area contributed by atoms with Crippen molar-refractivity contribution in [2.24, 2.45) is 11.7 Å². The zero-order valence-electron chi connectivity index (χ0n) is 9.33. The summed E-state index contributed by atoms with van der Waals surface area (Å²) in [7, 11) is 1.92. The highest BCUT2D eigenvalue weighted by Crippen LogP contribution is 2.22. The van der Waals surface area contributed by atoms with Crippen molar-refractivity contribution < 1.29 is 4.79 Å². The van der Waals surface area contributed by atoms with Gasteiger partial charge in [-0.2, -0.15) is 0 Å². The second-order valence-corrected chi connectivity index (χ2v) is 4.38. The van der Waals surface area contributed by atoms with E-state index < -0.39 is 0 Å². The molecule has 1 unspecified atom stereocenters. The minimum atomic E-state index is -0.0260. The molecule has 3 heteroatoms. The zero-order chi connectivity index (χ0) is 10.6. The molecule has 82 valence electrons. The van der Waals surface area contributed by atoms with Gasteiger partial charge in [0.1, 0.15) is 0 Å². The number of hydrogen-bond donors (Lipinski definition) is 1. The second-order valence-electron chi connectivity index (χ2n) is 4.38. The summed E-state index contributed by atoms with van der Waals surface area (Å²) < 4.78 is 0. The highest BCUT2D eigenvalue weighted by molar-refractivity contribution is 5.78. The first-order valence-corrected chi connectivity index (χ1v) is 5.63. The fraction of sp³-hybridized carbons (Fsp3) is 0.909. The summed E-state index contributed by atoms with van der Waals surface area (Å²) in [6.45, 7) is 2.36. The van der Waals surface area contributed by atoms with Crippen LogP contribution in [0, 0.1) is 5.92 Å². The highest BCUT2D eigenvalue weighted by Gasteiger charge is 2.24. The summed E-state index contributed by atoms with van der Waals surface area (Å²) in [5, 5.41) is 0. The average Bonchev–Trinajstić information content (AvgIpc) is 2.27. The Morgan fingerprint density at radius 1 is 1.43 bits per heavy atom. The highest BCUT2D eigenvalue weighted by atomic mass is 16.2. The van der Waals surface area contributed by atoms with Crippen molar-refractivity contribution >= 4 is 5.91 Å². The molecule has 14 heavy (non-hydrogen) atoms. The van der Waals surface area contributed by atoms with Crippen LogP contribution in [0.25, 0.3) is 0 Å². The molecular weight excluding hydrogens is 176 g/mol. The lowest BCUT2D eigenvalue weighted by Crippen LogP contribution is -2.42. The summed E-state index contributed by atoms with van der Waals surface area (Å²) in [5.41, 5.74) is 5.49. The zero-order valence-corrected chi connectivity index (χ0v) is 9.33. The van der Waals surface area contributed by atoms with Crippen LogP contribution >= 0.6 is 0 Å². The lowest BCUT2D eigenvalue weighted by molar-refractivity contribution is -0.136. The van der Waals surface area contributed by atoms with Crippen molar-refractivity contribution in [3.63, 3.8) is 0 Å². The van der Waals surface area contributed by atoms with Gasteiger partial charge in [0.05, 0.1) is 0 Å². The Balaban J connectivity index is 2.45. The number of amides is 1. The Labute approximate surface area is 86.6 Å². The van der Waals surface area contributed by atoms with E-state index in [1.54, 1.807) is 0 Å². The predicted octanol–water partition coefficient (Wildman–Crippen LogP) is 1.37. The maximum absolute atomic E-state index is 11.8. The van der Waals surface area contributed by atoms with Crippen LogP contribution in [0.4, 0.5) is 0 Å². The Bertz CT molecular complexity index is 188. The quantitative estimate of drug-likeness (QED) is 0.744. The van der Waals surface area contributed by atoms with Gasteiger partial charge in [0.15, 0.2) is 0 Å². The molecule has 0 bridgehead atoms. The van der Waals surface area contributed by atoms with Crippen molar-refractivity contribution in [1.82, 2.24) is 4.90 Å². The third kappa shape index (κ3) is 2.71. The SMILES string of the molecule is CC(CN)C(=O)N(C)C1CCCCC1. The third-order valence-electron chi connectivity index (χ3n) is 3.25. The molecule has 0 radical (unpaired) electrons. The van der Waals surface area contributed by atoms with Crippen LogP contribution in [0.1, 0.15) is 39.0 Å². The van der Waals surface area contributed by atoms with Crippen molar-refractivity contribution in [2.45, 2.75) is 45.1 Å². The van der Waals surface area contributed by atoms with Crippen LogP contribution in [0.3, 0.4) is 0 Å². The third-order valence-corrected chi connectivity index (χ3v) is 3.25. The van der Waals surface area contributed by atoms with Gasteiger partial charge < -0.3 is 10.6 Å². The fourth-order valence-electron chi connectivity index (χ4n) is 2.10. The van der Waals surface area contributed by atoms with Crippen LogP contribution in [-0.2, 0) is 4.79 Å². The fourth-order valence-corrected chi connectivity index (χ4v) is 2.10. The van der Waals surface area contributed by atoms with Gasteiger partial charge in [-0.3, -0.25) is 4.79 Å². The largest absolute Gasteiger partial charge is 0.343 e. The van der Waals surface area contributed by atoms with E-state index in [1.807, 2.05) is 18.9 Å². The molecule has 1 aliphatic carbocycles. The molecule has 0 aromatic heterocycles. The molecule has 0 aliphatic heterocycles. The van der Waals surface area contributed by atoms with Gasteiger partial charge in [0.25, 0.3) is 0 Å². The Kier molecular flexibility index (Phi) is 4.39. The number of carbonyl (C=O) groups excluding carboxylic acids is 1. The van der Waals surface area contributed by atoms with Gasteiger partial charge in [0, 0.05) is 25.6 Å². The number of nitrogens with zero attached hydrogens (tertiary/aromatic N) is 1. The number of hydrogen-bond acceptors (Lipinski definition) is 2. The van der Waals surface area contributed by atoms with Crippen LogP contribution in [0.2, 0.25) is 0 Å². The van der Waals surface area contributed by atoms with E-state index in [-0.39, 0.29) is 11.8 Å². The minimum Gasteiger partial charge on any atom is -0.343 e. The monoisotopic (exact) mass is 198 g/mol. The maximum atomic E-state index is 11.8. The molecule has 1 aliphatic rings. The van der Waals surface area contributed by atoms with Crippen LogP contribution < -0.4 is 5.73 Å². The lowest BCUT2D eigenvalue weighted by Gasteiger charge is -2.32. The molecular formula is C11H22N2O. The van der Waals surface area contributed by atoms with E-state index in [2.05, 4.69) is 0 Å². The summed E-state index contributed by atoms with van der Waals surface area (Å²) in [6, 6.07) is 0.463. The molecule has 1 fully saturated rings. The summed E-state index contributed by atoms with van der Waals surface area (Å²) in [4.78, 5) is 13.7.